The third kappa shape index (κ3) is 3.46. The maximum Gasteiger partial charge on any atom is 0.273 e. The molecule has 0 spiro atoms. The van der Waals surface area contributed by atoms with Crippen molar-refractivity contribution >= 4 is 38.6 Å². The molecule has 0 unspecified atom stereocenters. The number of hydrogen-bond acceptors (Lipinski definition) is 4. The van der Waals surface area contributed by atoms with Gasteiger partial charge in [-0.3, -0.25) is 4.72 Å². The third-order valence-corrected chi connectivity index (χ3v) is 5.44. The average Bonchev–Trinajstić information content (AvgIpc) is 2.79. The highest BCUT2D eigenvalue weighted by molar-refractivity contribution is 7.94. The number of thiazole rings is 1. The van der Waals surface area contributed by atoms with Gasteiger partial charge in [-0.25, -0.2) is 13.4 Å². The summed E-state index contributed by atoms with van der Waals surface area (Å²) in [5.41, 5.74) is 1.58. The van der Waals surface area contributed by atoms with E-state index in [2.05, 4.69) is 9.71 Å². The highest BCUT2D eigenvalue weighted by Crippen LogP contribution is 2.26. The van der Waals surface area contributed by atoms with E-state index in [0.717, 1.165) is 29.7 Å². The van der Waals surface area contributed by atoms with Crippen LogP contribution >= 0.6 is 22.9 Å². The van der Waals surface area contributed by atoms with Crippen LogP contribution in [0.25, 0.3) is 0 Å². The van der Waals surface area contributed by atoms with Gasteiger partial charge >= 0.3 is 0 Å². The number of benzene rings is 1. The van der Waals surface area contributed by atoms with Crippen molar-refractivity contribution in [3.05, 3.63) is 40.5 Å². The number of sulfonamides is 1. The molecule has 1 aromatic heterocycles. The van der Waals surface area contributed by atoms with E-state index in [-0.39, 0.29) is 8.68 Å². The number of nitrogens with zero attached hydrogens (tertiary/aromatic N) is 1. The Hall–Kier alpha value is -1.11. The van der Waals surface area contributed by atoms with E-state index in [4.69, 9.17) is 11.6 Å². The number of rotatable bonds is 5. The molecule has 19 heavy (non-hydrogen) atoms. The van der Waals surface area contributed by atoms with E-state index >= 15 is 0 Å². The summed E-state index contributed by atoms with van der Waals surface area (Å²) in [7, 11) is -3.61. The lowest BCUT2D eigenvalue weighted by molar-refractivity contribution is 0.603. The van der Waals surface area contributed by atoms with Crippen LogP contribution in [0.5, 0.6) is 0 Å². The van der Waals surface area contributed by atoms with Gasteiger partial charge in [0.25, 0.3) is 10.0 Å². The Balaban J connectivity index is 2.30. The molecular formula is C12H13ClN2O2S2. The van der Waals surface area contributed by atoms with Gasteiger partial charge in [0.05, 0.1) is 11.9 Å². The molecule has 0 saturated carbocycles. The fourth-order valence-corrected chi connectivity index (χ4v) is 4.06. The topological polar surface area (TPSA) is 59.1 Å². The molecule has 0 radical (unpaired) electrons. The van der Waals surface area contributed by atoms with Crippen molar-refractivity contribution in [3.8, 4) is 0 Å². The number of aryl methyl sites for hydroxylation is 1. The standard InChI is InChI=1S/C12H13ClN2O2S2/c1-2-5-9-6-3-4-7-10(9)15-19(16,17)11-8-14-12(13)18-11/h3-4,6-8,15H,2,5H2,1H3. The zero-order chi connectivity index (χ0) is 13.9. The van der Waals surface area contributed by atoms with Gasteiger partial charge in [-0.15, -0.1) is 0 Å². The highest BCUT2D eigenvalue weighted by atomic mass is 35.5. The van der Waals surface area contributed by atoms with Crippen LogP contribution in [0.4, 0.5) is 5.69 Å². The highest BCUT2D eigenvalue weighted by Gasteiger charge is 2.18. The van der Waals surface area contributed by atoms with Crippen LogP contribution in [0.2, 0.25) is 4.47 Å². The normalized spacial score (nSPS) is 11.5. The van der Waals surface area contributed by atoms with Gasteiger partial charge in [0.2, 0.25) is 0 Å². The molecule has 0 aliphatic carbocycles. The van der Waals surface area contributed by atoms with Crippen molar-refractivity contribution in [2.75, 3.05) is 4.72 Å². The molecular weight excluding hydrogens is 304 g/mol. The summed E-state index contributed by atoms with van der Waals surface area (Å²) < 4.78 is 27.3. The second kappa shape index (κ2) is 5.90. The Labute approximate surface area is 121 Å². The van der Waals surface area contributed by atoms with Crippen molar-refractivity contribution < 1.29 is 8.42 Å². The maximum atomic E-state index is 12.2. The molecule has 1 N–H and O–H groups in total. The van der Waals surface area contributed by atoms with Crippen molar-refractivity contribution in [2.24, 2.45) is 0 Å². The smallest absolute Gasteiger partial charge is 0.273 e. The van der Waals surface area contributed by atoms with Gasteiger partial charge in [0.15, 0.2) is 8.68 Å². The van der Waals surface area contributed by atoms with E-state index in [9.17, 15) is 8.42 Å². The predicted octanol–water partition coefficient (Wildman–Crippen LogP) is 3.55. The van der Waals surface area contributed by atoms with Crippen LogP contribution < -0.4 is 4.72 Å². The Kier molecular flexibility index (Phi) is 4.44. The summed E-state index contributed by atoms with van der Waals surface area (Å²) in [6.07, 6.45) is 3.03. The lowest BCUT2D eigenvalue weighted by Gasteiger charge is -2.10. The average molecular weight is 317 g/mol. The first-order valence-corrected chi connectivity index (χ1v) is 8.42. The molecule has 2 rings (SSSR count). The first-order valence-electron chi connectivity index (χ1n) is 5.75. The summed E-state index contributed by atoms with van der Waals surface area (Å²) in [6.45, 7) is 2.05. The summed E-state index contributed by atoms with van der Waals surface area (Å²) in [4.78, 5) is 3.75. The zero-order valence-electron chi connectivity index (χ0n) is 10.3. The van der Waals surface area contributed by atoms with Gasteiger partial charge in [-0.05, 0) is 18.1 Å². The van der Waals surface area contributed by atoms with Gasteiger partial charge in [-0.2, -0.15) is 0 Å². The molecule has 7 heteroatoms. The molecule has 0 amide bonds. The van der Waals surface area contributed by atoms with Gasteiger partial charge < -0.3 is 0 Å². The molecule has 0 aliphatic heterocycles. The van der Waals surface area contributed by atoms with Crippen LogP contribution in [-0.4, -0.2) is 13.4 Å². The first kappa shape index (κ1) is 14.3. The van der Waals surface area contributed by atoms with Crippen molar-refractivity contribution in [2.45, 2.75) is 24.0 Å². The molecule has 4 nitrogen and oxygen atoms in total. The molecule has 102 valence electrons. The quantitative estimate of drug-likeness (QED) is 0.917. The summed E-state index contributed by atoms with van der Waals surface area (Å²) in [5, 5.41) is 0. The van der Waals surface area contributed by atoms with Gasteiger partial charge in [0, 0.05) is 0 Å². The number of aromatic nitrogens is 1. The monoisotopic (exact) mass is 316 g/mol. The van der Waals surface area contributed by atoms with E-state index in [1.807, 2.05) is 19.1 Å². The molecule has 0 atom stereocenters. The van der Waals surface area contributed by atoms with E-state index in [0.29, 0.717) is 5.69 Å². The Bertz CT molecular complexity index is 668. The number of para-hydroxylation sites is 1. The maximum absolute atomic E-state index is 12.2. The van der Waals surface area contributed by atoms with Crippen molar-refractivity contribution in [1.82, 2.24) is 4.98 Å². The molecule has 1 heterocycles. The summed E-state index contributed by atoms with van der Waals surface area (Å²) in [6, 6.07) is 7.37. The van der Waals surface area contributed by atoms with Gasteiger partial charge in [0.1, 0.15) is 0 Å². The molecule has 0 fully saturated rings. The Morgan fingerprint density at radius 1 is 1.37 bits per heavy atom. The number of hydrogen-bond donors (Lipinski definition) is 1. The van der Waals surface area contributed by atoms with Crippen molar-refractivity contribution in [1.29, 1.82) is 0 Å². The van der Waals surface area contributed by atoms with E-state index in [1.54, 1.807) is 12.1 Å². The van der Waals surface area contributed by atoms with E-state index < -0.39 is 10.0 Å². The van der Waals surface area contributed by atoms with Crippen molar-refractivity contribution in [3.63, 3.8) is 0 Å². The Morgan fingerprint density at radius 2 is 2.11 bits per heavy atom. The van der Waals surface area contributed by atoms with Crippen LogP contribution in [0.1, 0.15) is 18.9 Å². The van der Waals surface area contributed by atoms with Gasteiger partial charge in [-0.1, -0.05) is 54.5 Å². The van der Waals surface area contributed by atoms with Crippen LogP contribution in [0, 0.1) is 0 Å². The van der Waals surface area contributed by atoms with Crippen LogP contribution in [0.15, 0.2) is 34.7 Å². The number of nitrogens with one attached hydrogen (secondary N) is 1. The largest absolute Gasteiger partial charge is 0.279 e. The molecule has 1 aromatic carbocycles. The second-order valence-corrected chi connectivity index (χ2v) is 7.47. The second-order valence-electron chi connectivity index (χ2n) is 3.94. The van der Waals surface area contributed by atoms with Crippen LogP contribution in [0.3, 0.4) is 0 Å². The lowest BCUT2D eigenvalue weighted by atomic mass is 10.1. The number of anilines is 1. The lowest BCUT2D eigenvalue weighted by Crippen LogP contribution is -2.12. The molecule has 0 saturated heterocycles. The molecule has 2 aromatic rings. The molecule has 0 aliphatic rings. The minimum absolute atomic E-state index is 0.115. The minimum Gasteiger partial charge on any atom is -0.279 e. The number of halogens is 1. The predicted molar refractivity (Wildman–Crippen MR) is 78.4 cm³/mol. The van der Waals surface area contributed by atoms with Crippen LogP contribution in [-0.2, 0) is 16.4 Å². The fourth-order valence-electron chi connectivity index (χ4n) is 1.67. The Morgan fingerprint density at radius 3 is 2.74 bits per heavy atom. The minimum atomic E-state index is -3.61. The zero-order valence-corrected chi connectivity index (χ0v) is 12.6. The first-order chi connectivity index (χ1) is 9.03. The summed E-state index contributed by atoms with van der Waals surface area (Å²) in [5.74, 6) is 0. The van der Waals surface area contributed by atoms with E-state index in [1.165, 1.54) is 6.20 Å². The SMILES string of the molecule is CCCc1ccccc1NS(=O)(=O)c1cnc(Cl)s1. The fraction of sp³-hybridized carbons (Fsp3) is 0.250. The summed E-state index contributed by atoms with van der Waals surface area (Å²) >= 11 is 6.60. The third-order valence-electron chi connectivity index (χ3n) is 2.50. The molecule has 0 bridgehead atoms.